The Hall–Kier alpha value is -1.52. The Kier molecular flexibility index (Phi) is 8.00. The van der Waals surface area contributed by atoms with Crippen LogP contribution in [0, 0.1) is 0 Å². The van der Waals surface area contributed by atoms with Gasteiger partial charge in [-0.05, 0) is 6.42 Å². The molecule has 0 aliphatic rings. The maximum absolute atomic E-state index is 13.1. The zero-order valence-electron chi connectivity index (χ0n) is 13.3. The van der Waals surface area contributed by atoms with E-state index in [2.05, 4.69) is 29.1 Å². The zero-order valence-corrected chi connectivity index (χ0v) is 14.3. The number of halogens is 6. The van der Waals surface area contributed by atoms with Crippen LogP contribution < -0.4 is 0 Å². The number of hydrogen-bond donors (Lipinski definition) is 0. The smallest absolute Gasteiger partial charge is 0.463 e. The molecule has 0 saturated carbocycles. The minimum atomic E-state index is -6.12. The fourth-order valence-electron chi connectivity index (χ4n) is 1.37. The molecule has 11 heteroatoms. The minimum Gasteiger partial charge on any atom is -0.463 e. The van der Waals surface area contributed by atoms with Crippen molar-refractivity contribution in [3.8, 4) is 0 Å². The van der Waals surface area contributed by atoms with Crippen LogP contribution in [0.2, 0.25) is 25.7 Å². The second kappa shape index (κ2) is 8.54. The minimum absolute atomic E-state index is 0.0229. The van der Waals surface area contributed by atoms with Gasteiger partial charge >= 0.3 is 30.4 Å². The predicted octanol–water partition coefficient (Wildman–Crippen LogP) is 3.85. The summed E-state index contributed by atoms with van der Waals surface area (Å²) < 4.78 is 81.7. The van der Waals surface area contributed by atoms with E-state index in [0.717, 1.165) is 6.04 Å². The van der Waals surface area contributed by atoms with Gasteiger partial charge in [0.15, 0.2) is 0 Å². The summed E-state index contributed by atoms with van der Waals surface area (Å²) >= 11 is 0. The van der Waals surface area contributed by atoms with Gasteiger partial charge in [-0.2, -0.15) is 17.6 Å². The number of alkyl halides is 6. The standard InChI is InChI=1S/C13H18F6O4Si/c1-24(2,3)8-4-7-22-9(20)5-6-10(21)23-12(16,11(14)15)13(17,18)19/h5-6,11H,4,7-8H2,1-3H3. The highest BCUT2D eigenvalue weighted by Crippen LogP contribution is 2.40. The molecule has 0 aliphatic heterocycles. The van der Waals surface area contributed by atoms with Crippen molar-refractivity contribution in [3.05, 3.63) is 12.2 Å². The molecule has 0 aromatic heterocycles. The molecule has 0 bridgehead atoms. The monoisotopic (exact) mass is 380 g/mol. The number of carbonyl (C=O) groups is 2. The topological polar surface area (TPSA) is 52.6 Å². The maximum atomic E-state index is 13.1. The third kappa shape index (κ3) is 7.84. The largest absolute Gasteiger partial charge is 0.466 e. The van der Waals surface area contributed by atoms with Gasteiger partial charge in [0.25, 0.3) is 0 Å². The second-order valence-electron chi connectivity index (χ2n) is 6.03. The van der Waals surface area contributed by atoms with Crippen molar-refractivity contribution >= 4 is 20.0 Å². The van der Waals surface area contributed by atoms with Crippen LogP contribution in [0.4, 0.5) is 26.3 Å². The number of rotatable bonds is 8. The van der Waals surface area contributed by atoms with E-state index in [9.17, 15) is 35.9 Å². The highest BCUT2D eigenvalue weighted by molar-refractivity contribution is 6.76. The lowest BCUT2D eigenvalue weighted by Gasteiger charge is -2.25. The van der Waals surface area contributed by atoms with Crippen molar-refractivity contribution in [1.29, 1.82) is 0 Å². The first-order valence-electron chi connectivity index (χ1n) is 6.80. The molecule has 0 heterocycles. The van der Waals surface area contributed by atoms with Crippen LogP contribution in [0.3, 0.4) is 0 Å². The quantitative estimate of drug-likeness (QED) is 0.211. The molecule has 0 fully saturated rings. The molecule has 0 aromatic rings. The van der Waals surface area contributed by atoms with Crippen molar-refractivity contribution in [2.45, 2.75) is 50.6 Å². The molecule has 0 radical (unpaired) electrons. The van der Waals surface area contributed by atoms with Gasteiger partial charge in [-0.3, -0.25) is 0 Å². The van der Waals surface area contributed by atoms with Gasteiger partial charge in [0, 0.05) is 20.2 Å². The number of esters is 2. The Balaban J connectivity index is 4.50. The lowest BCUT2D eigenvalue weighted by atomic mass is 10.3. The average Bonchev–Trinajstić information content (AvgIpc) is 2.38. The van der Waals surface area contributed by atoms with Crippen molar-refractivity contribution < 1.29 is 45.4 Å². The molecule has 24 heavy (non-hydrogen) atoms. The molecular formula is C13H18F6O4Si. The van der Waals surface area contributed by atoms with Crippen LogP contribution in [0.5, 0.6) is 0 Å². The maximum Gasteiger partial charge on any atom is 0.466 e. The van der Waals surface area contributed by atoms with Crippen LogP contribution in [-0.4, -0.2) is 45.1 Å². The number of hydrogen-bond acceptors (Lipinski definition) is 4. The third-order valence-electron chi connectivity index (χ3n) is 2.59. The molecular weight excluding hydrogens is 362 g/mol. The summed E-state index contributed by atoms with van der Waals surface area (Å²) in [6.07, 6.45) is -9.74. The van der Waals surface area contributed by atoms with Crippen LogP contribution in [0.25, 0.3) is 0 Å². The van der Waals surface area contributed by atoms with Crippen molar-refractivity contribution in [2.75, 3.05) is 6.61 Å². The highest BCUT2D eigenvalue weighted by atomic mass is 28.3. The first kappa shape index (κ1) is 22.5. The van der Waals surface area contributed by atoms with Gasteiger partial charge in [-0.1, -0.05) is 25.7 Å². The zero-order chi connectivity index (χ0) is 19.2. The summed E-state index contributed by atoms with van der Waals surface area (Å²) in [4.78, 5) is 22.2. The first-order valence-corrected chi connectivity index (χ1v) is 10.5. The Bertz CT molecular complexity index is 472. The lowest BCUT2D eigenvalue weighted by molar-refractivity contribution is -0.354. The van der Waals surface area contributed by atoms with Gasteiger partial charge in [-0.25, -0.2) is 18.4 Å². The molecule has 0 aliphatic carbocycles. The summed E-state index contributed by atoms with van der Waals surface area (Å²) in [6.45, 7) is 6.31. The fraction of sp³-hybridized carbons (Fsp3) is 0.692. The summed E-state index contributed by atoms with van der Waals surface area (Å²) in [7, 11) is -1.32. The van der Waals surface area contributed by atoms with E-state index >= 15 is 0 Å². The van der Waals surface area contributed by atoms with E-state index in [1.54, 1.807) is 0 Å². The van der Waals surface area contributed by atoms with E-state index < -0.39 is 38.5 Å². The molecule has 0 aromatic carbocycles. The van der Waals surface area contributed by atoms with E-state index in [1.165, 1.54) is 0 Å². The Morgan fingerprint density at radius 1 is 1.04 bits per heavy atom. The van der Waals surface area contributed by atoms with Crippen LogP contribution in [0.1, 0.15) is 6.42 Å². The van der Waals surface area contributed by atoms with Crippen molar-refractivity contribution in [3.63, 3.8) is 0 Å². The molecule has 1 unspecified atom stereocenters. The van der Waals surface area contributed by atoms with Crippen molar-refractivity contribution in [2.24, 2.45) is 0 Å². The Labute approximate surface area is 135 Å². The number of ether oxygens (including phenoxy) is 2. The van der Waals surface area contributed by atoms with Gasteiger partial charge in [-0.15, -0.1) is 0 Å². The highest BCUT2D eigenvalue weighted by Gasteiger charge is 2.66. The lowest BCUT2D eigenvalue weighted by Crippen LogP contribution is -2.50. The van der Waals surface area contributed by atoms with Gasteiger partial charge in [0.2, 0.25) is 0 Å². The normalized spacial score (nSPS) is 15.4. The van der Waals surface area contributed by atoms with E-state index in [1.807, 2.05) is 0 Å². The molecule has 140 valence electrons. The summed E-state index contributed by atoms with van der Waals surface area (Å²) in [5.41, 5.74) is 0. The SMILES string of the molecule is C[Si](C)(C)CCCOC(=O)C=CC(=O)OC(F)(C(F)F)C(F)(F)F. The molecule has 0 rings (SSSR count). The second-order valence-corrected chi connectivity index (χ2v) is 11.7. The summed E-state index contributed by atoms with van der Waals surface area (Å²) in [5.74, 6) is -8.62. The predicted molar refractivity (Wildman–Crippen MR) is 74.9 cm³/mol. The summed E-state index contributed by atoms with van der Waals surface area (Å²) in [6, 6.07) is 0.858. The van der Waals surface area contributed by atoms with E-state index in [0.29, 0.717) is 12.5 Å². The van der Waals surface area contributed by atoms with Crippen LogP contribution in [-0.2, 0) is 19.1 Å². The first-order chi connectivity index (χ1) is 10.7. The third-order valence-corrected chi connectivity index (χ3v) is 4.44. The van der Waals surface area contributed by atoms with Gasteiger partial charge < -0.3 is 9.47 Å². The molecule has 0 N–H and O–H groups in total. The molecule has 0 amide bonds. The van der Waals surface area contributed by atoms with Gasteiger partial charge in [0.1, 0.15) is 0 Å². The molecule has 0 spiro atoms. The molecule has 4 nitrogen and oxygen atoms in total. The molecule has 0 saturated heterocycles. The van der Waals surface area contributed by atoms with E-state index in [-0.39, 0.29) is 12.7 Å². The van der Waals surface area contributed by atoms with Crippen LogP contribution in [0.15, 0.2) is 12.2 Å². The Morgan fingerprint density at radius 2 is 1.54 bits per heavy atom. The van der Waals surface area contributed by atoms with Gasteiger partial charge in [0.05, 0.1) is 6.61 Å². The fourth-order valence-corrected chi connectivity index (χ4v) is 2.57. The summed E-state index contributed by atoms with van der Waals surface area (Å²) in [5, 5.41) is 0. The average molecular weight is 380 g/mol. The number of carbonyl (C=O) groups excluding carboxylic acids is 2. The Morgan fingerprint density at radius 3 is 1.96 bits per heavy atom. The van der Waals surface area contributed by atoms with Crippen LogP contribution >= 0.6 is 0 Å². The van der Waals surface area contributed by atoms with Crippen molar-refractivity contribution in [1.82, 2.24) is 0 Å². The van der Waals surface area contributed by atoms with E-state index in [4.69, 9.17) is 0 Å². The molecule has 1 atom stereocenters.